The number of rotatable bonds is 3. The van der Waals surface area contributed by atoms with Crippen LogP contribution >= 0.6 is 46.9 Å². The van der Waals surface area contributed by atoms with Crippen molar-refractivity contribution < 1.29 is 4.74 Å². The Kier molecular flexibility index (Phi) is 6.66. The molecule has 0 saturated carbocycles. The van der Waals surface area contributed by atoms with Gasteiger partial charge in [-0.25, -0.2) is 4.98 Å². The molecule has 120 valence electrons. The molecule has 0 atom stereocenters. The van der Waals surface area contributed by atoms with Crippen LogP contribution in [0.4, 0.5) is 0 Å². The number of nitrogens with two attached hydrogens (primary N) is 1. The van der Waals surface area contributed by atoms with Crippen molar-refractivity contribution in [3.05, 3.63) is 28.2 Å². The number of halogens is 2. The van der Waals surface area contributed by atoms with Crippen molar-refractivity contribution in [2.75, 3.05) is 32.8 Å². The smallest absolute Gasteiger partial charge is 0.191 e. The molecular weight excluding hydrogens is 435 g/mol. The van der Waals surface area contributed by atoms with Crippen molar-refractivity contribution in [1.82, 2.24) is 9.88 Å². The maximum absolute atomic E-state index is 5.99. The van der Waals surface area contributed by atoms with Gasteiger partial charge in [0, 0.05) is 31.1 Å². The van der Waals surface area contributed by atoms with Gasteiger partial charge >= 0.3 is 0 Å². The van der Waals surface area contributed by atoms with E-state index in [1.165, 1.54) is 0 Å². The second-order valence-electron chi connectivity index (χ2n) is 4.81. The third-order valence-corrected chi connectivity index (χ3v) is 4.66. The topological polar surface area (TPSA) is 63.7 Å². The Morgan fingerprint density at radius 2 is 2.18 bits per heavy atom. The molecule has 1 saturated heterocycles. The maximum atomic E-state index is 5.99. The first kappa shape index (κ1) is 17.7. The van der Waals surface area contributed by atoms with E-state index >= 15 is 0 Å². The molecule has 0 aliphatic carbocycles. The molecule has 0 radical (unpaired) electrons. The lowest BCUT2D eigenvalue weighted by atomic mass is 10.3. The molecule has 0 unspecified atom stereocenters. The van der Waals surface area contributed by atoms with Crippen LogP contribution in [0, 0.1) is 0 Å². The molecule has 1 aliphatic rings. The van der Waals surface area contributed by atoms with E-state index in [0.717, 1.165) is 47.9 Å². The second-order valence-corrected chi connectivity index (χ2v) is 6.36. The summed E-state index contributed by atoms with van der Waals surface area (Å²) in [4.78, 5) is 11.1. The average Bonchev–Trinajstić information content (AvgIpc) is 2.89. The number of aliphatic imine (C=N–C) groups is 1. The standard InChI is InChI=1S/C14H17ClN4OS.HI/c15-10-1-2-12-11(9-10)18-13(21-12)3-4-17-14(16)19-5-7-20-8-6-19;/h1-2,9H,3-8H2,(H2,16,17);1H. The van der Waals surface area contributed by atoms with E-state index in [4.69, 9.17) is 22.1 Å². The fourth-order valence-corrected chi connectivity index (χ4v) is 3.32. The van der Waals surface area contributed by atoms with Gasteiger partial charge in [0.1, 0.15) is 0 Å². The summed E-state index contributed by atoms with van der Waals surface area (Å²) in [5.41, 5.74) is 6.94. The van der Waals surface area contributed by atoms with E-state index in [9.17, 15) is 0 Å². The van der Waals surface area contributed by atoms with Crippen LogP contribution in [0.5, 0.6) is 0 Å². The van der Waals surface area contributed by atoms with Crippen LogP contribution < -0.4 is 5.73 Å². The average molecular weight is 453 g/mol. The molecule has 8 heteroatoms. The zero-order valence-electron chi connectivity index (χ0n) is 12.0. The summed E-state index contributed by atoms with van der Waals surface area (Å²) in [5.74, 6) is 0.599. The van der Waals surface area contributed by atoms with Crippen LogP contribution in [0.15, 0.2) is 23.2 Å². The Morgan fingerprint density at radius 1 is 1.41 bits per heavy atom. The lowest BCUT2D eigenvalue weighted by Crippen LogP contribution is -2.44. The van der Waals surface area contributed by atoms with Crippen molar-refractivity contribution in [2.45, 2.75) is 6.42 Å². The SMILES string of the molecule is I.NC(=NCCc1nc2cc(Cl)ccc2s1)N1CCOCC1. The number of thiazole rings is 1. The minimum atomic E-state index is 0. The summed E-state index contributed by atoms with van der Waals surface area (Å²) in [7, 11) is 0. The van der Waals surface area contributed by atoms with Crippen molar-refractivity contribution in [3.8, 4) is 0 Å². The molecule has 3 rings (SSSR count). The molecule has 1 aromatic carbocycles. The van der Waals surface area contributed by atoms with Gasteiger partial charge in [-0.1, -0.05) is 11.6 Å². The number of ether oxygens (including phenoxy) is 1. The fourth-order valence-electron chi connectivity index (χ4n) is 2.21. The molecule has 2 N–H and O–H groups in total. The van der Waals surface area contributed by atoms with Gasteiger partial charge in [-0.15, -0.1) is 35.3 Å². The van der Waals surface area contributed by atoms with Crippen LogP contribution in [0.3, 0.4) is 0 Å². The molecule has 2 heterocycles. The molecule has 0 spiro atoms. The number of morpholine rings is 1. The summed E-state index contributed by atoms with van der Waals surface area (Å²) in [6, 6.07) is 5.78. The molecule has 1 aromatic heterocycles. The maximum Gasteiger partial charge on any atom is 0.191 e. The normalized spacial score (nSPS) is 15.9. The highest BCUT2D eigenvalue weighted by molar-refractivity contribution is 14.0. The van der Waals surface area contributed by atoms with Crippen LogP contribution in [0.25, 0.3) is 10.2 Å². The molecule has 0 bridgehead atoms. The Hall–Kier alpha value is -0.640. The van der Waals surface area contributed by atoms with Gasteiger partial charge in [-0.2, -0.15) is 0 Å². The van der Waals surface area contributed by atoms with E-state index in [-0.39, 0.29) is 24.0 Å². The number of hydrogen-bond donors (Lipinski definition) is 1. The van der Waals surface area contributed by atoms with Gasteiger partial charge in [-0.3, -0.25) is 4.99 Å². The van der Waals surface area contributed by atoms with Gasteiger partial charge in [0.25, 0.3) is 0 Å². The largest absolute Gasteiger partial charge is 0.378 e. The van der Waals surface area contributed by atoms with E-state index < -0.39 is 0 Å². The molecular formula is C14H18ClIN4OS. The summed E-state index contributed by atoms with van der Waals surface area (Å²) in [6.45, 7) is 3.71. The molecule has 22 heavy (non-hydrogen) atoms. The number of nitrogens with zero attached hydrogens (tertiary/aromatic N) is 3. The minimum absolute atomic E-state index is 0. The van der Waals surface area contributed by atoms with E-state index in [0.29, 0.717) is 17.5 Å². The molecule has 1 aliphatic heterocycles. The van der Waals surface area contributed by atoms with Gasteiger partial charge in [0.05, 0.1) is 28.4 Å². The molecule has 1 fully saturated rings. The number of fused-ring (bicyclic) bond motifs is 1. The quantitative estimate of drug-likeness (QED) is 0.442. The summed E-state index contributed by atoms with van der Waals surface area (Å²) >= 11 is 7.65. The van der Waals surface area contributed by atoms with E-state index in [2.05, 4.69) is 14.9 Å². The highest BCUT2D eigenvalue weighted by atomic mass is 127. The van der Waals surface area contributed by atoms with Crippen LogP contribution in [0.2, 0.25) is 5.02 Å². The Balaban J connectivity index is 0.00000176. The van der Waals surface area contributed by atoms with Crippen LogP contribution in [-0.2, 0) is 11.2 Å². The molecule has 2 aromatic rings. The highest BCUT2D eigenvalue weighted by Crippen LogP contribution is 2.25. The number of aromatic nitrogens is 1. The lowest BCUT2D eigenvalue weighted by molar-refractivity contribution is 0.0674. The number of guanidine groups is 1. The van der Waals surface area contributed by atoms with Gasteiger partial charge in [-0.05, 0) is 18.2 Å². The minimum Gasteiger partial charge on any atom is -0.378 e. The van der Waals surface area contributed by atoms with Crippen LogP contribution in [-0.4, -0.2) is 48.7 Å². The molecule has 5 nitrogen and oxygen atoms in total. The van der Waals surface area contributed by atoms with Crippen LogP contribution in [0.1, 0.15) is 5.01 Å². The predicted molar refractivity (Wildman–Crippen MR) is 103 cm³/mol. The lowest BCUT2D eigenvalue weighted by Gasteiger charge is -2.27. The predicted octanol–water partition coefficient (Wildman–Crippen LogP) is 2.76. The first-order valence-electron chi connectivity index (χ1n) is 6.90. The monoisotopic (exact) mass is 452 g/mol. The van der Waals surface area contributed by atoms with Crippen molar-refractivity contribution in [3.63, 3.8) is 0 Å². The third kappa shape index (κ3) is 4.43. The summed E-state index contributed by atoms with van der Waals surface area (Å²) in [5, 5.41) is 1.78. The Morgan fingerprint density at radius 3 is 2.95 bits per heavy atom. The fraction of sp³-hybridized carbons (Fsp3) is 0.429. The van der Waals surface area contributed by atoms with Gasteiger partial charge in [0.15, 0.2) is 5.96 Å². The zero-order valence-corrected chi connectivity index (χ0v) is 15.9. The molecule has 0 amide bonds. The van der Waals surface area contributed by atoms with Gasteiger partial charge < -0.3 is 15.4 Å². The zero-order chi connectivity index (χ0) is 14.7. The van der Waals surface area contributed by atoms with Gasteiger partial charge in [0.2, 0.25) is 0 Å². The first-order chi connectivity index (χ1) is 10.2. The second kappa shape index (κ2) is 8.28. The van der Waals surface area contributed by atoms with E-state index in [1.54, 1.807) is 11.3 Å². The Labute approximate surface area is 155 Å². The van der Waals surface area contributed by atoms with Crippen molar-refractivity contribution in [2.24, 2.45) is 10.7 Å². The first-order valence-corrected chi connectivity index (χ1v) is 8.09. The number of benzene rings is 1. The van der Waals surface area contributed by atoms with Crippen molar-refractivity contribution >= 4 is 63.1 Å². The van der Waals surface area contributed by atoms with Crippen molar-refractivity contribution in [1.29, 1.82) is 0 Å². The van der Waals surface area contributed by atoms with E-state index in [1.807, 2.05) is 18.2 Å². The third-order valence-electron chi connectivity index (χ3n) is 3.33. The highest BCUT2D eigenvalue weighted by Gasteiger charge is 2.12. The Bertz CT molecular complexity index is 657. The summed E-state index contributed by atoms with van der Waals surface area (Å²) in [6.07, 6.45) is 0.794. The number of hydrogen-bond acceptors (Lipinski definition) is 4. The summed E-state index contributed by atoms with van der Waals surface area (Å²) < 4.78 is 6.45.